The molecule has 2 aromatic carbocycles. The number of ether oxygens (including phenoxy) is 1. The van der Waals surface area contributed by atoms with Crippen molar-refractivity contribution in [2.24, 2.45) is 0 Å². The first-order valence-corrected chi connectivity index (χ1v) is 6.90. The third-order valence-electron chi connectivity index (χ3n) is 3.13. The number of aromatic nitrogens is 1. The van der Waals surface area contributed by atoms with Gasteiger partial charge in [0.1, 0.15) is 11.4 Å². The minimum Gasteiger partial charge on any atom is -0.406 e. The molecule has 0 atom stereocenters. The number of para-hydroxylation sites is 1. The second-order valence-electron chi connectivity index (χ2n) is 4.93. The molecule has 0 aliphatic rings. The topological polar surface area (TPSA) is 64.4 Å². The molecule has 0 saturated carbocycles. The number of hydrogen-bond acceptors (Lipinski definition) is 4. The van der Waals surface area contributed by atoms with Crippen LogP contribution in [0.2, 0.25) is 0 Å². The highest BCUT2D eigenvalue weighted by atomic mass is 19.4. The zero-order valence-corrected chi connectivity index (χ0v) is 12.1. The van der Waals surface area contributed by atoms with Crippen LogP contribution in [-0.4, -0.2) is 17.4 Å². The van der Waals surface area contributed by atoms with Crippen LogP contribution in [0.4, 0.5) is 18.9 Å². The highest BCUT2D eigenvalue weighted by molar-refractivity contribution is 5.94. The molecule has 3 aromatic rings. The lowest BCUT2D eigenvalue weighted by Gasteiger charge is -2.10. The number of rotatable bonds is 4. The summed E-state index contributed by atoms with van der Waals surface area (Å²) < 4.78 is 45.5. The van der Waals surface area contributed by atoms with Gasteiger partial charge in [0, 0.05) is 17.1 Å². The minimum atomic E-state index is -4.79. The molecule has 1 aromatic heterocycles. The van der Waals surface area contributed by atoms with Gasteiger partial charge in [0.25, 0.3) is 0 Å². The minimum absolute atomic E-state index is 0.0681. The van der Waals surface area contributed by atoms with Crippen molar-refractivity contribution >= 4 is 22.6 Å². The number of hydrogen-bond donors (Lipinski definition) is 1. The summed E-state index contributed by atoms with van der Waals surface area (Å²) in [6, 6.07) is 12.1. The van der Waals surface area contributed by atoms with Crippen LogP contribution >= 0.6 is 0 Å². The van der Waals surface area contributed by atoms with Gasteiger partial charge in [-0.15, -0.1) is 13.2 Å². The van der Waals surface area contributed by atoms with Gasteiger partial charge >= 0.3 is 6.36 Å². The molecule has 0 unspecified atom stereocenters. The SMILES string of the molecule is O=C(Cc1noc2ccccc12)Nc1cccc(OC(F)(F)F)c1. The summed E-state index contributed by atoms with van der Waals surface area (Å²) in [6.07, 6.45) is -4.86. The van der Waals surface area contributed by atoms with E-state index in [1.165, 1.54) is 12.1 Å². The van der Waals surface area contributed by atoms with Crippen LogP contribution in [-0.2, 0) is 11.2 Å². The molecule has 3 rings (SSSR count). The average Bonchev–Trinajstić information content (AvgIpc) is 2.89. The van der Waals surface area contributed by atoms with E-state index in [2.05, 4.69) is 15.2 Å². The standard InChI is InChI=1S/C16H11F3N2O3/c17-16(18,19)23-11-5-3-4-10(8-11)20-15(22)9-13-12-6-1-2-7-14(12)24-21-13/h1-8H,9H2,(H,20,22). The molecule has 0 aliphatic heterocycles. The molecular weight excluding hydrogens is 325 g/mol. The van der Waals surface area contributed by atoms with Crippen molar-refractivity contribution in [3.8, 4) is 5.75 Å². The van der Waals surface area contributed by atoms with Gasteiger partial charge in [-0.2, -0.15) is 0 Å². The molecular formula is C16H11F3N2O3. The van der Waals surface area contributed by atoms with E-state index in [9.17, 15) is 18.0 Å². The molecule has 5 nitrogen and oxygen atoms in total. The predicted octanol–water partition coefficient (Wildman–Crippen LogP) is 3.91. The second-order valence-corrected chi connectivity index (χ2v) is 4.93. The van der Waals surface area contributed by atoms with Gasteiger partial charge < -0.3 is 14.6 Å². The van der Waals surface area contributed by atoms with E-state index in [1.54, 1.807) is 24.3 Å². The maximum atomic E-state index is 12.2. The van der Waals surface area contributed by atoms with Crippen molar-refractivity contribution in [3.63, 3.8) is 0 Å². The van der Waals surface area contributed by atoms with E-state index in [4.69, 9.17) is 4.52 Å². The molecule has 0 spiro atoms. The van der Waals surface area contributed by atoms with Crippen LogP contribution < -0.4 is 10.1 Å². The van der Waals surface area contributed by atoms with E-state index in [1.807, 2.05) is 0 Å². The number of fused-ring (bicyclic) bond motifs is 1. The number of carbonyl (C=O) groups is 1. The fourth-order valence-electron chi connectivity index (χ4n) is 2.19. The van der Waals surface area contributed by atoms with E-state index >= 15 is 0 Å². The van der Waals surface area contributed by atoms with Gasteiger partial charge in [0.05, 0.1) is 6.42 Å². The molecule has 1 amide bonds. The van der Waals surface area contributed by atoms with Crippen molar-refractivity contribution in [2.45, 2.75) is 12.8 Å². The van der Waals surface area contributed by atoms with E-state index in [-0.39, 0.29) is 12.1 Å². The van der Waals surface area contributed by atoms with Gasteiger partial charge in [-0.05, 0) is 24.3 Å². The largest absolute Gasteiger partial charge is 0.573 e. The Labute approximate surface area is 134 Å². The fraction of sp³-hybridized carbons (Fsp3) is 0.125. The highest BCUT2D eigenvalue weighted by Gasteiger charge is 2.31. The summed E-state index contributed by atoms with van der Waals surface area (Å²) >= 11 is 0. The van der Waals surface area contributed by atoms with Gasteiger partial charge in [0.15, 0.2) is 5.58 Å². The Morgan fingerprint density at radius 3 is 2.75 bits per heavy atom. The molecule has 8 heteroatoms. The normalized spacial score (nSPS) is 11.5. The van der Waals surface area contributed by atoms with Gasteiger partial charge in [-0.3, -0.25) is 4.79 Å². The number of carbonyl (C=O) groups excluding carboxylic acids is 1. The van der Waals surface area contributed by atoms with Crippen LogP contribution in [0.5, 0.6) is 5.75 Å². The molecule has 1 heterocycles. The first-order chi connectivity index (χ1) is 11.4. The maximum Gasteiger partial charge on any atom is 0.573 e. The van der Waals surface area contributed by atoms with Crippen LogP contribution in [0.15, 0.2) is 53.1 Å². The molecule has 1 N–H and O–H groups in total. The molecule has 124 valence electrons. The van der Waals surface area contributed by atoms with Crippen molar-refractivity contribution in [1.82, 2.24) is 5.16 Å². The zero-order chi connectivity index (χ0) is 17.2. The summed E-state index contributed by atoms with van der Waals surface area (Å²) in [5.74, 6) is -0.842. The smallest absolute Gasteiger partial charge is 0.406 e. The number of anilines is 1. The Hall–Kier alpha value is -3.03. The van der Waals surface area contributed by atoms with Crippen molar-refractivity contribution in [2.75, 3.05) is 5.32 Å². The van der Waals surface area contributed by atoms with E-state index in [0.29, 0.717) is 16.7 Å². The van der Waals surface area contributed by atoms with Crippen molar-refractivity contribution in [1.29, 1.82) is 0 Å². The van der Waals surface area contributed by atoms with E-state index < -0.39 is 18.0 Å². The average molecular weight is 336 g/mol. The van der Waals surface area contributed by atoms with Crippen LogP contribution in [0.25, 0.3) is 11.0 Å². The molecule has 0 fully saturated rings. The molecule has 24 heavy (non-hydrogen) atoms. The summed E-state index contributed by atoms with van der Waals surface area (Å²) in [5.41, 5.74) is 1.20. The zero-order valence-electron chi connectivity index (χ0n) is 12.1. The number of halogens is 3. The number of nitrogens with zero attached hydrogens (tertiary/aromatic N) is 1. The Kier molecular flexibility index (Phi) is 4.11. The summed E-state index contributed by atoms with van der Waals surface area (Å²) in [6.45, 7) is 0. The van der Waals surface area contributed by atoms with Gasteiger partial charge in [0.2, 0.25) is 5.91 Å². The lowest BCUT2D eigenvalue weighted by atomic mass is 10.1. The molecule has 0 aliphatic carbocycles. The third kappa shape index (κ3) is 3.83. The van der Waals surface area contributed by atoms with Gasteiger partial charge in [-0.25, -0.2) is 0 Å². The summed E-state index contributed by atoms with van der Waals surface area (Å²) in [4.78, 5) is 12.1. The number of alkyl halides is 3. The maximum absolute atomic E-state index is 12.2. The first-order valence-electron chi connectivity index (χ1n) is 6.90. The number of amides is 1. The van der Waals surface area contributed by atoms with Crippen LogP contribution in [0.3, 0.4) is 0 Å². The Bertz CT molecular complexity index is 874. The second kappa shape index (κ2) is 6.23. The molecule has 0 bridgehead atoms. The Morgan fingerprint density at radius 1 is 1.17 bits per heavy atom. The fourth-order valence-corrected chi connectivity index (χ4v) is 2.19. The predicted molar refractivity (Wildman–Crippen MR) is 79.5 cm³/mol. The van der Waals surface area contributed by atoms with Gasteiger partial charge in [-0.1, -0.05) is 23.4 Å². The Morgan fingerprint density at radius 2 is 1.96 bits per heavy atom. The molecule has 0 saturated heterocycles. The summed E-state index contributed by atoms with van der Waals surface area (Å²) in [5, 5.41) is 7.05. The lowest BCUT2D eigenvalue weighted by molar-refractivity contribution is -0.274. The highest BCUT2D eigenvalue weighted by Crippen LogP contribution is 2.25. The Balaban J connectivity index is 1.70. The van der Waals surface area contributed by atoms with Crippen LogP contribution in [0, 0.1) is 0 Å². The van der Waals surface area contributed by atoms with E-state index in [0.717, 1.165) is 12.1 Å². The number of nitrogens with one attached hydrogen (secondary N) is 1. The number of benzene rings is 2. The summed E-state index contributed by atoms with van der Waals surface area (Å²) in [7, 11) is 0. The van der Waals surface area contributed by atoms with Crippen molar-refractivity contribution < 1.29 is 27.2 Å². The van der Waals surface area contributed by atoms with Crippen molar-refractivity contribution in [3.05, 3.63) is 54.2 Å². The first kappa shape index (κ1) is 15.9. The lowest BCUT2D eigenvalue weighted by Crippen LogP contribution is -2.18. The molecule has 0 radical (unpaired) electrons. The van der Waals surface area contributed by atoms with Crippen LogP contribution in [0.1, 0.15) is 5.69 Å². The third-order valence-corrected chi connectivity index (χ3v) is 3.13. The monoisotopic (exact) mass is 336 g/mol. The quantitative estimate of drug-likeness (QED) is 0.785.